The van der Waals surface area contributed by atoms with Crippen molar-refractivity contribution in [3.05, 3.63) is 0 Å². The van der Waals surface area contributed by atoms with Gasteiger partial charge in [-0.05, 0) is 13.8 Å². The summed E-state index contributed by atoms with van der Waals surface area (Å²) in [4.78, 5) is 79.0. The Hall–Kier alpha value is -3.46. The van der Waals surface area contributed by atoms with E-state index in [1.807, 2.05) is 0 Å². The molecule has 3 aliphatic heterocycles. The van der Waals surface area contributed by atoms with Crippen LogP contribution in [0.3, 0.4) is 0 Å². The SMILES string of the molecule is C[C@@H]1O[C@@H](OCCNC(=O)CN(CC(=O)NCCOCCOCCC(=O)ON2C(=O)CCC2=O)CC(=O)NCCO[C@@H]2O[C@@H](C)C[C@@H](O)[C@@H]2O)[C@@H](O)[C@H](O)[C@@H]1O. The van der Waals surface area contributed by atoms with Gasteiger partial charge in [-0.25, -0.2) is 4.79 Å². The number of imide groups is 1. The van der Waals surface area contributed by atoms with E-state index in [1.165, 1.54) is 11.8 Å². The maximum absolute atomic E-state index is 12.8. The molecule has 3 saturated heterocycles. The molecule has 56 heavy (non-hydrogen) atoms. The molecule has 5 amide bonds. The number of ether oxygens (including phenoxy) is 6. The Morgan fingerprint density at radius 3 is 1.73 bits per heavy atom. The topological polar surface area (TPSA) is 311 Å². The molecule has 23 nitrogen and oxygen atoms in total. The van der Waals surface area contributed by atoms with E-state index in [-0.39, 0.29) is 111 Å². The van der Waals surface area contributed by atoms with Crippen LogP contribution in [0.2, 0.25) is 0 Å². The number of carbonyl (C=O) groups is 6. The standard InChI is InChI=1S/C33H55N5O18/c1-19-15-21(39)29(47)32(54-19)52-11-7-35-23(41)17-37(18-24(42)36-8-12-53-33-31(49)30(48)28(46)20(2)55-33)16-22(40)34-6-10-51-14-13-50-9-5-27(45)56-38-25(43)3-4-26(38)44/h19-21,28-33,39,46-49H,3-18H2,1-2H3,(H,34,40)(H,35,41)(H,36,42)/t19-,20-,21+,28+,29-,30+,31-,32+,33+/m0/s1. The number of hydrogen-bond donors (Lipinski definition) is 8. The first kappa shape index (κ1) is 46.9. The van der Waals surface area contributed by atoms with Gasteiger partial charge in [0.2, 0.25) is 17.7 Å². The number of nitrogens with one attached hydrogen (secondary N) is 3. The van der Waals surface area contributed by atoms with Crippen molar-refractivity contribution in [2.45, 2.75) is 94.8 Å². The van der Waals surface area contributed by atoms with Gasteiger partial charge in [0, 0.05) is 38.9 Å². The molecule has 320 valence electrons. The van der Waals surface area contributed by atoms with Crippen LogP contribution in [0.25, 0.3) is 0 Å². The number of aliphatic hydroxyl groups excluding tert-OH is 5. The van der Waals surface area contributed by atoms with Crippen molar-refractivity contribution in [2.24, 2.45) is 0 Å². The molecule has 9 atom stereocenters. The van der Waals surface area contributed by atoms with E-state index in [2.05, 4.69) is 16.0 Å². The molecule has 3 fully saturated rings. The largest absolute Gasteiger partial charge is 0.390 e. The van der Waals surface area contributed by atoms with Crippen molar-refractivity contribution in [3.63, 3.8) is 0 Å². The van der Waals surface area contributed by atoms with Gasteiger partial charge in [0.15, 0.2) is 12.6 Å². The monoisotopic (exact) mass is 809 g/mol. The molecule has 0 aromatic rings. The van der Waals surface area contributed by atoms with Gasteiger partial charge in [-0.15, -0.1) is 5.06 Å². The van der Waals surface area contributed by atoms with Gasteiger partial charge in [-0.3, -0.25) is 28.9 Å². The molecule has 3 rings (SSSR count). The molecule has 0 bridgehead atoms. The second-order valence-corrected chi connectivity index (χ2v) is 13.2. The average Bonchev–Trinajstić information content (AvgIpc) is 3.46. The van der Waals surface area contributed by atoms with Gasteiger partial charge in [-0.2, -0.15) is 0 Å². The third kappa shape index (κ3) is 16.2. The zero-order chi connectivity index (χ0) is 41.2. The molecule has 0 radical (unpaired) electrons. The van der Waals surface area contributed by atoms with Crippen molar-refractivity contribution < 1.29 is 87.6 Å². The summed E-state index contributed by atoms with van der Waals surface area (Å²) in [5.74, 6) is -3.61. The minimum absolute atomic E-state index is 0.00927. The second kappa shape index (κ2) is 24.3. The summed E-state index contributed by atoms with van der Waals surface area (Å²) >= 11 is 0. The van der Waals surface area contributed by atoms with Crippen molar-refractivity contribution in [1.29, 1.82) is 0 Å². The summed E-state index contributed by atoms with van der Waals surface area (Å²) in [6.07, 6.45) is -10.0. The summed E-state index contributed by atoms with van der Waals surface area (Å²) < 4.78 is 32.4. The quantitative estimate of drug-likeness (QED) is 0.0333. The van der Waals surface area contributed by atoms with Gasteiger partial charge in [0.1, 0.15) is 24.4 Å². The molecule has 0 saturated carbocycles. The van der Waals surface area contributed by atoms with Crippen molar-refractivity contribution >= 4 is 35.5 Å². The van der Waals surface area contributed by atoms with Gasteiger partial charge in [0.05, 0.1) is 84.0 Å². The summed E-state index contributed by atoms with van der Waals surface area (Å²) in [6, 6.07) is 0. The van der Waals surface area contributed by atoms with Crippen molar-refractivity contribution in [3.8, 4) is 0 Å². The fraction of sp³-hybridized carbons (Fsp3) is 0.818. The molecule has 8 N–H and O–H groups in total. The zero-order valence-corrected chi connectivity index (χ0v) is 31.4. The Morgan fingerprint density at radius 1 is 0.679 bits per heavy atom. The smallest absolute Gasteiger partial charge is 0.335 e. The average molecular weight is 810 g/mol. The Morgan fingerprint density at radius 2 is 1.18 bits per heavy atom. The van der Waals surface area contributed by atoms with Crippen LogP contribution in [0.1, 0.15) is 39.5 Å². The predicted molar refractivity (Wildman–Crippen MR) is 184 cm³/mol. The molecule has 3 heterocycles. The fourth-order valence-corrected chi connectivity index (χ4v) is 5.54. The summed E-state index contributed by atoms with van der Waals surface area (Å²) in [7, 11) is 0. The highest BCUT2D eigenvalue weighted by molar-refractivity contribution is 6.01. The van der Waals surface area contributed by atoms with Crippen LogP contribution in [-0.2, 0) is 62.0 Å². The first-order valence-corrected chi connectivity index (χ1v) is 18.3. The van der Waals surface area contributed by atoms with Crippen LogP contribution < -0.4 is 16.0 Å². The fourth-order valence-electron chi connectivity index (χ4n) is 5.54. The van der Waals surface area contributed by atoms with E-state index in [0.717, 1.165) is 0 Å². The highest BCUT2D eigenvalue weighted by atomic mass is 16.7. The van der Waals surface area contributed by atoms with Crippen LogP contribution in [0.4, 0.5) is 0 Å². The van der Waals surface area contributed by atoms with Gasteiger partial charge in [-0.1, -0.05) is 0 Å². The van der Waals surface area contributed by atoms with Crippen molar-refractivity contribution in [2.75, 3.05) is 78.9 Å². The van der Waals surface area contributed by atoms with E-state index in [4.69, 9.17) is 33.3 Å². The normalized spacial score (nSPS) is 28.0. The Bertz CT molecular complexity index is 1280. The molecule has 0 aromatic carbocycles. The number of carbonyl (C=O) groups excluding carboxylic acids is 6. The summed E-state index contributed by atoms with van der Waals surface area (Å²) in [6.45, 7) is 2.16. The number of hydroxylamine groups is 2. The highest BCUT2D eigenvalue weighted by Crippen LogP contribution is 2.22. The zero-order valence-electron chi connectivity index (χ0n) is 31.4. The third-order valence-corrected chi connectivity index (χ3v) is 8.53. The van der Waals surface area contributed by atoms with Crippen LogP contribution in [0, 0.1) is 0 Å². The molecule has 0 aromatic heterocycles. The van der Waals surface area contributed by atoms with E-state index < -0.39 is 84.7 Å². The molecule has 23 heteroatoms. The van der Waals surface area contributed by atoms with E-state index in [1.54, 1.807) is 6.92 Å². The lowest BCUT2D eigenvalue weighted by atomic mass is 10.0. The number of nitrogens with zero attached hydrogens (tertiary/aromatic N) is 2. The molecule has 3 aliphatic rings. The minimum Gasteiger partial charge on any atom is -0.390 e. The molecular formula is C33H55N5O18. The van der Waals surface area contributed by atoms with Crippen LogP contribution in [0.5, 0.6) is 0 Å². The Balaban J connectivity index is 1.36. The molecular weight excluding hydrogens is 754 g/mol. The Kier molecular flexibility index (Phi) is 20.4. The highest BCUT2D eigenvalue weighted by Gasteiger charge is 2.42. The molecule has 0 spiro atoms. The predicted octanol–water partition coefficient (Wildman–Crippen LogP) is -5.62. The first-order chi connectivity index (χ1) is 26.7. The lowest BCUT2D eigenvalue weighted by molar-refractivity contribution is -0.292. The molecule has 0 unspecified atom stereocenters. The van der Waals surface area contributed by atoms with E-state index >= 15 is 0 Å². The number of aliphatic hydroxyl groups is 5. The van der Waals surface area contributed by atoms with Crippen LogP contribution in [-0.4, -0.2) is 205 Å². The summed E-state index contributed by atoms with van der Waals surface area (Å²) in [5, 5.41) is 58.1. The lowest BCUT2D eigenvalue weighted by Gasteiger charge is -2.38. The third-order valence-electron chi connectivity index (χ3n) is 8.53. The number of rotatable bonds is 24. The first-order valence-electron chi connectivity index (χ1n) is 18.3. The Labute approximate surface area is 322 Å². The second-order valence-electron chi connectivity index (χ2n) is 13.2. The maximum Gasteiger partial charge on any atom is 0.335 e. The van der Waals surface area contributed by atoms with Gasteiger partial charge < -0.3 is 74.7 Å². The molecule has 0 aliphatic carbocycles. The van der Waals surface area contributed by atoms with E-state index in [0.29, 0.717) is 5.06 Å². The number of hydrogen-bond acceptors (Lipinski definition) is 19. The van der Waals surface area contributed by atoms with Crippen molar-refractivity contribution in [1.82, 2.24) is 25.9 Å². The van der Waals surface area contributed by atoms with Crippen LogP contribution in [0.15, 0.2) is 0 Å². The van der Waals surface area contributed by atoms with Crippen LogP contribution >= 0.6 is 0 Å². The lowest BCUT2D eigenvalue weighted by Crippen LogP contribution is -2.57. The summed E-state index contributed by atoms with van der Waals surface area (Å²) in [5.41, 5.74) is 0. The maximum atomic E-state index is 12.8. The van der Waals surface area contributed by atoms with Gasteiger partial charge in [0.25, 0.3) is 11.8 Å². The van der Waals surface area contributed by atoms with Gasteiger partial charge >= 0.3 is 5.97 Å². The number of amides is 5. The van der Waals surface area contributed by atoms with E-state index in [9.17, 15) is 54.3 Å². The minimum atomic E-state index is -1.52.